The summed E-state index contributed by atoms with van der Waals surface area (Å²) in [5, 5.41) is 6.89. The van der Waals surface area contributed by atoms with E-state index in [0.29, 0.717) is 19.5 Å². The molecule has 0 aliphatic heterocycles. The van der Waals surface area contributed by atoms with Gasteiger partial charge in [0.2, 0.25) is 5.91 Å². The Morgan fingerprint density at radius 3 is 2.70 bits per heavy atom. The van der Waals surface area contributed by atoms with Crippen LogP contribution in [-0.2, 0) is 17.8 Å². The standard InChI is InChI=1S/C15H17N3O2/c1-12-7-8-15(20)18(17-12)10-9-16-14(19)11-13-5-3-2-4-6-13/h2-8H,9-11H2,1H3,(H,16,19). The van der Waals surface area contributed by atoms with Crippen molar-refractivity contribution in [1.29, 1.82) is 0 Å². The van der Waals surface area contributed by atoms with E-state index >= 15 is 0 Å². The molecule has 0 spiro atoms. The highest BCUT2D eigenvalue weighted by Crippen LogP contribution is 1.98. The predicted molar refractivity (Wildman–Crippen MR) is 76.4 cm³/mol. The topological polar surface area (TPSA) is 64.0 Å². The fraction of sp³-hybridized carbons (Fsp3) is 0.267. The number of carbonyl (C=O) groups is 1. The Balaban J connectivity index is 1.82. The number of nitrogens with zero attached hydrogens (tertiary/aromatic N) is 2. The number of amides is 1. The van der Waals surface area contributed by atoms with Crippen LogP contribution in [0, 0.1) is 6.92 Å². The third-order valence-electron chi connectivity index (χ3n) is 2.85. The van der Waals surface area contributed by atoms with Crippen molar-refractivity contribution in [2.75, 3.05) is 6.54 Å². The maximum absolute atomic E-state index is 11.7. The van der Waals surface area contributed by atoms with Crippen LogP contribution in [0.4, 0.5) is 0 Å². The minimum Gasteiger partial charge on any atom is -0.354 e. The fourth-order valence-electron chi connectivity index (χ4n) is 1.86. The molecule has 0 atom stereocenters. The highest BCUT2D eigenvalue weighted by Gasteiger charge is 2.03. The number of carbonyl (C=O) groups excluding carboxylic acids is 1. The van der Waals surface area contributed by atoms with E-state index in [1.807, 2.05) is 37.3 Å². The van der Waals surface area contributed by atoms with E-state index in [-0.39, 0.29) is 11.5 Å². The van der Waals surface area contributed by atoms with Gasteiger partial charge in [0.1, 0.15) is 0 Å². The Labute approximate surface area is 117 Å². The number of aromatic nitrogens is 2. The molecule has 1 aromatic carbocycles. The summed E-state index contributed by atoms with van der Waals surface area (Å²) in [5.74, 6) is -0.0584. The van der Waals surface area contributed by atoms with E-state index in [2.05, 4.69) is 10.4 Å². The lowest BCUT2D eigenvalue weighted by Crippen LogP contribution is -2.32. The quantitative estimate of drug-likeness (QED) is 0.879. The molecule has 20 heavy (non-hydrogen) atoms. The zero-order chi connectivity index (χ0) is 14.4. The van der Waals surface area contributed by atoms with Gasteiger partial charge in [-0.05, 0) is 18.6 Å². The number of hydrogen-bond acceptors (Lipinski definition) is 3. The van der Waals surface area contributed by atoms with Crippen LogP contribution in [0.1, 0.15) is 11.3 Å². The van der Waals surface area contributed by atoms with Crippen molar-refractivity contribution in [2.45, 2.75) is 19.9 Å². The van der Waals surface area contributed by atoms with Crippen molar-refractivity contribution in [3.63, 3.8) is 0 Å². The molecule has 0 saturated carbocycles. The summed E-state index contributed by atoms with van der Waals surface area (Å²) in [7, 11) is 0. The molecule has 104 valence electrons. The van der Waals surface area contributed by atoms with E-state index in [9.17, 15) is 9.59 Å². The molecule has 1 aromatic heterocycles. The molecule has 0 aliphatic carbocycles. The van der Waals surface area contributed by atoms with Crippen molar-refractivity contribution in [2.24, 2.45) is 0 Å². The predicted octanol–water partition coefficient (Wildman–Crippen LogP) is 0.911. The van der Waals surface area contributed by atoms with Gasteiger partial charge in [-0.1, -0.05) is 30.3 Å². The molecule has 0 aliphatic rings. The van der Waals surface area contributed by atoms with Crippen LogP contribution in [0.2, 0.25) is 0 Å². The maximum atomic E-state index is 11.7. The molecule has 2 aromatic rings. The molecule has 0 fully saturated rings. The maximum Gasteiger partial charge on any atom is 0.266 e. The van der Waals surface area contributed by atoms with E-state index in [4.69, 9.17) is 0 Å². The molecule has 1 amide bonds. The van der Waals surface area contributed by atoms with Gasteiger partial charge in [-0.25, -0.2) is 4.68 Å². The molecule has 5 heteroatoms. The van der Waals surface area contributed by atoms with Crippen LogP contribution < -0.4 is 10.9 Å². The Hall–Kier alpha value is -2.43. The van der Waals surface area contributed by atoms with Gasteiger partial charge in [0.25, 0.3) is 5.56 Å². The minimum absolute atomic E-state index is 0.0584. The van der Waals surface area contributed by atoms with E-state index in [1.165, 1.54) is 10.7 Å². The largest absolute Gasteiger partial charge is 0.354 e. The first-order chi connectivity index (χ1) is 9.65. The van der Waals surface area contributed by atoms with Gasteiger partial charge < -0.3 is 5.32 Å². The molecule has 5 nitrogen and oxygen atoms in total. The molecule has 1 heterocycles. The van der Waals surface area contributed by atoms with Crippen LogP contribution in [0.25, 0.3) is 0 Å². The van der Waals surface area contributed by atoms with Crippen LogP contribution in [-0.4, -0.2) is 22.2 Å². The number of nitrogens with one attached hydrogen (secondary N) is 1. The lowest BCUT2D eigenvalue weighted by Gasteiger charge is -2.07. The Morgan fingerprint density at radius 1 is 1.20 bits per heavy atom. The van der Waals surface area contributed by atoms with Gasteiger partial charge in [-0.15, -0.1) is 0 Å². The first-order valence-corrected chi connectivity index (χ1v) is 6.50. The third kappa shape index (κ3) is 4.05. The molecule has 0 saturated heterocycles. The number of hydrogen-bond donors (Lipinski definition) is 1. The fourth-order valence-corrected chi connectivity index (χ4v) is 1.86. The van der Waals surface area contributed by atoms with Gasteiger partial charge in [0.15, 0.2) is 0 Å². The van der Waals surface area contributed by atoms with Gasteiger partial charge in [0, 0.05) is 12.6 Å². The van der Waals surface area contributed by atoms with Crippen molar-refractivity contribution < 1.29 is 4.79 Å². The lowest BCUT2D eigenvalue weighted by molar-refractivity contribution is -0.120. The Morgan fingerprint density at radius 2 is 1.95 bits per heavy atom. The van der Waals surface area contributed by atoms with Crippen LogP contribution in [0.15, 0.2) is 47.3 Å². The average Bonchev–Trinajstić information content (AvgIpc) is 2.44. The van der Waals surface area contributed by atoms with E-state index < -0.39 is 0 Å². The zero-order valence-corrected chi connectivity index (χ0v) is 11.4. The Kier molecular flexibility index (Phi) is 4.65. The molecule has 1 N–H and O–H groups in total. The van der Waals surface area contributed by atoms with Crippen molar-refractivity contribution in [3.8, 4) is 0 Å². The second-order valence-corrected chi connectivity index (χ2v) is 4.55. The van der Waals surface area contributed by atoms with Crippen LogP contribution in [0.3, 0.4) is 0 Å². The Bertz CT molecular complexity index is 635. The minimum atomic E-state index is -0.159. The molecular weight excluding hydrogens is 254 g/mol. The van der Waals surface area contributed by atoms with Gasteiger partial charge in [-0.3, -0.25) is 9.59 Å². The second-order valence-electron chi connectivity index (χ2n) is 4.55. The summed E-state index contributed by atoms with van der Waals surface area (Å²) in [6, 6.07) is 12.7. The first kappa shape index (κ1) is 14.0. The number of rotatable bonds is 5. The van der Waals surface area contributed by atoms with Gasteiger partial charge >= 0.3 is 0 Å². The number of aryl methyl sites for hydroxylation is 1. The average molecular weight is 271 g/mol. The van der Waals surface area contributed by atoms with Crippen LogP contribution in [0.5, 0.6) is 0 Å². The normalized spacial score (nSPS) is 10.2. The summed E-state index contributed by atoms with van der Waals surface area (Å²) in [6.07, 6.45) is 0.344. The van der Waals surface area contributed by atoms with E-state index in [1.54, 1.807) is 6.07 Å². The summed E-state index contributed by atoms with van der Waals surface area (Å²) < 4.78 is 1.36. The molecule has 0 radical (unpaired) electrons. The molecule has 2 rings (SSSR count). The molecule has 0 bridgehead atoms. The first-order valence-electron chi connectivity index (χ1n) is 6.50. The van der Waals surface area contributed by atoms with Gasteiger partial charge in [0.05, 0.1) is 18.7 Å². The zero-order valence-electron chi connectivity index (χ0n) is 11.4. The highest BCUT2D eigenvalue weighted by molar-refractivity contribution is 5.78. The van der Waals surface area contributed by atoms with Crippen LogP contribution >= 0.6 is 0 Å². The summed E-state index contributed by atoms with van der Waals surface area (Å²) in [4.78, 5) is 23.3. The van der Waals surface area contributed by atoms with Crippen molar-refractivity contribution in [1.82, 2.24) is 15.1 Å². The monoisotopic (exact) mass is 271 g/mol. The molecular formula is C15H17N3O2. The van der Waals surface area contributed by atoms with Crippen molar-refractivity contribution >= 4 is 5.91 Å². The third-order valence-corrected chi connectivity index (χ3v) is 2.85. The van der Waals surface area contributed by atoms with Gasteiger partial charge in [-0.2, -0.15) is 5.10 Å². The lowest BCUT2D eigenvalue weighted by atomic mass is 10.1. The van der Waals surface area contributed by atoms with E-state index in [0.717, 1.165) is 11.3 Å². The smallest absolute Gasteiger partial charge is 0.266 e. The second kappa shape index (κ2) is 6.65. The summed E-state index contributed by atoms with van der Waals surface area (Å²) in [6.45, 7) is 2.59. The summed E-state index contributed by atoms with van der Waals surface area (Å²) >= 11 is 0. The highest BCUT2D eigenvalue weighted by atomic mass is 16.1. The SMILES string of the molecule is Cc1ccc(=O)n(CCNC(=O)Cc2ccccc2)n1. The molecule has 0 unspecified atom stereocenters. The number of benzene rings is 1. The summed E-state index contributed by atoms with van der Waals surface area (Å²) in [5.41, 5.74) is 1.59. The van der Waals surface area contributed by atoms with Crippen molar-refractivity contribution in [3.05, 3.63) is 64.1 Å².